The van der Waals surface area contributed by atoms with Crippen LogP contribution in [0.3, 0.4) is 0 Å². The number of hydrogen-bond acceptors (Lipinski definition) is 3. The van der Waals surface area contributed by atoms with Crippen molar-refractivity contribution >= 4 is 16.6 Å². The van der Waals surface area contributed by atoms with E-state index in [-0.39, 0.29) is 22.0 Å². The molecule has 0 amide bonds. The van der Waals surface area contributed by atoms with Crippen LogP contribution in [-0.4, -0.2) is 22.9 Å². The highest BCUT2D eigenvalue weighted by Gasteiger charge is 2.17. The number of rotatable bonds is 5. The van der Waals surface area contributed by atoms with E-state index in [0.29, 0.717) is 0 Å². The van der Waals surface area contributed by atoms with Gasteiger partial charge in [-0.3, -0.25) is 9.00 Å². The summed E-state index contributed by atoms with van der Waals surface area (Å²) >= 11 is 0. The molecule has 2 rings (SSSR count). The van der Waals surface area contributed by atoms with Crippen molar-refractivity contribution in [1.29, 1.82) is 0 Å². The van der Waals surface area contributed by atoms with Gasteiger partial charge in [0.05, 0.1) is 29.2 Å². The highest BCUT2D eigenvalue weighted by molar-refractivity contribution is 7.85. The summed E-state index contributed by atoms with van der Waals surface area (Å²) < 4.78 is 43.3. The first-order chi connectivity index (χ1) is 10.0. The van der Waals surface area contributed by atoms with Gasteiger partial charge in [0.15, 0.2) is 5.78 Å². The molecule has 0 bridgehead atoms. The van der Waals surface area contributed by atoms with Gasteiger partial charge in [-0.25, -0.2) is 8.78 Å². The Morgan fingerprint density at radius 3 is 2.52 bits per heavy atom. The SMILES string of the molecule is COc1ccc(F)cc1C(=O)CS(=O)c1cccc(F)c1. The number of ketones is 1. The molecule has 2 aromatic rings. The van der Waals surface area contributed by atoms with Crippen molar-refractivity contribution in [3.63, 3.8) is 0 Å². The third kappa shape index (κ3) is 3.72. The Bertz CT molecular complexity index is 701. The molecule has 1 atom stereocenters. The standard InChI is InChI=1S/C15H12F2O3S/c1-20-15-6-5-11(17)8-13(15)14(18)9-21(19)12-4-2-3-10(16)7-12/h2-8H,9H2,1H3. The van der Waals surface area contributed by atoms with Gasteiger partial charge in [0.2, 0.25) is 0 Å². The van der Waals surface area contributed by atoms with Crippen molar-refractivity contribution in [2.45, 2.75) is 4.90 Å². The third-order valence-electron chi connectivity index (χ3n) is 2.78. The third-order valence-corrected chi connectivity index (χ3v) is 4.09. The molecule has 6 heteroatoms. The summed E-state index contributed by atoms with van der Waals surface area (Å²) in [4.78, 5) is 12.3. The van der Waals surface area contributed by atoms with E-state index in [9.17, 15) is 17.8 Å². The number of ether oxygens (including phenoxy) is 1. The zero-order valence-corrected chi connectivity index (χ0v) is 12.0. The predicted octanol–water partition coefficient (Wildman–Crippen LogP) is 2.96. The topological polar surface area (TPSA) is 43.4 Å². The fourth-order valence-corrected chi connectivity index (χ4v) is 2.82. The van der Waals surface area contributed by atoms with Crippen LogP contribution in [0.15, 0.2) is 47.4 Å². The zero-order valence-electron chi connectivity index (χ0n) is 11.1. The van der Waals surface area contributed by atoms with E-state index in [0.717, 1.165) is 12.1 Å². The molecule has 1 unspecified atom stereocenters. The minimum Gasteiger partial charge on any atom is -0.496 e. The molecular formula is C15H12F2O3S. The molecule has 2 aromatic carbocycles. The van der Waals surface area contributed by atoms with Crippen LogP contribution >= 0.6 is 0 Å². The maximum absolute atomic E-state index is 13.2. The fourth-order valence-electron chi connectivity index (χ4n) is 1.79. The van der Waals surface area contributed by atoms with Crippen LogP contribution in [0.1, 0.15) is 10.4 Å². The van der Waals surface area contributed by atoms with Gasteiger partial charge in [0, 0.05) is 4.90 Å². The van der Waals surface area contributed by atoms with Crippen molar-refractivity contribution in [3.8, 4) is 5.75 Å². The van der Waals surface area contributed by atoms with Crippen LogP contribution in [-0.2, 0) is 10.8 Å². The first kappa shape index (κ1) is 15.3. The molecule has 0 aliphatic rings. The molecule has 0 saturated carbocycles. The quantitative estimate of drug-likeness (QED) is 0.798. The second-order valence-corrected chi connectivity index (χ2v) is 5.67. The van der Waals surface area contributed by atoms with Gasteiger partial charge in [0.25, 0.3) is 0 Å². The van der Waals surface area contributed by atoms with E-state index >= 15 is 0 Å². The number of hydrogen-bond donors (Lipinski definition) is 0. The van der Waals surface area contributed by atoms with Crippen LogP contribution in [0, 0.1) is 11.6 Å². The normalized spacial score (nSPS) is 12.0. The Hall–Kier alpha value is -2.08. The molecule has 110 valence electrons. The average molecular weight is 310 g/mol. The summed E-state index contributed by atoms with van der Waals surface area (Å²) in [5.41, 5.74) is 0.0160. The van der Waals surface area contributed by atoms with E-state index in [4.69, 9.17) is 4.74 Å². The van der Waals surface area contributed by atoms with Crippen molar-refractivity contribution in [1.82, 2.24) is 0 Å². The molecule has 0 spiro atoms. The molecule has 0 aliphatic carbocycles. The number of carbonyl (C=O) groups excluding carboxylic acids is 1. The Morgan fingerprint density at radius 1 is 1.14 bits per heavy atom. The Kier molecular flexibility index (Phi) is 4.80. The van der Waals surface area contributed by atoms with Crippen molar-refractivity contribution in [2.24, 2.45) is 0 Å². The molecule has 0 heterocycles. The molecular weight excluding hydrogens is 298 g/mol. The van der Waals surface area contributed by atoms with E-state index in [1.165, 1.54) is 37.4 Å². The van der Waals surface area contributed by atoms with Crippen LogP contribution in [0.25, 0.3) is 0 Å². The van der Waals surface area contributed by atoms with Gasteiger partial charge in [0.1, 0.15) is 17.4 Å². The number of benzene rings is 2. The Morgan fingerprint density at radius 2 is 1.86 bits per heavy atom. The van der Waals surface area contributed by atoms with Crippen LogP contribution in [0.4, 0.5) is 8.78 Å². The minimum absolute atomic E-state index is 0.0160. The lowest BCUT2D eigenvalue weighted by Gasteiger charge is -2.08. The van der Waals surface area contributed by atoms with Crippen LogP contribution in [0.5, 0.6) is 5.75 Å². The molecule has 0 aliphatic heterocycles. The number of carbonyl (C=O) groups is 1. The van der Waals surface area contributed by atoms with E-state index in [2.05, 4.69) is 0 Å². The van der Waals surface area contributed by atoms with Crippen LogP contribution in [0.2, 0.25) is 0 Å². The molecule has 0 fully saturated rings. The number of halogens is 2. The summed E-state index contributed by atoms with van der Waals surface area (Å²) in [7, 11) is -0.354. The van der Waals surface area contributed by atoms with Gasteiger partial charge in [-0.2, -0.15) is 0 Å². The first-order valence-corrected chi connectivity index (χ1v) is 7.34. The fraction of sp³-hybridized carbons (Fsp3) is 0.133. The van der Waals surface area contributed by atoms with Crippen LogP contribution < -0.4 is 4.74 Å². The summed E-state index contributed by atoms with van der Waals surface area (Å²) in [6, 6.07) is 8.73. The average Bonchev–Trinajstić information content (AvgIpc) is 2.47. The molecule has 0 radical (unpaired) electrons. The first-order valence-electron chi connectivity index (χ1n) is 6.02. The minimum atomic E-state index is -1.71. The van der Waals surface area contributed by atoms with E-state index < -0.39 is 28.2 Å². The maximum Gasteiger partial charge on any atom is 0.179 e. The number of methoxy groups -OCH3 is 1. The molecule has 0 saturated heterocycles. The largest absolute Gasteiger partial charge is 0.496 e. The summed E-state index contributed by atoms with van der Waals surface area (Å²) in [5, 5.41) is 0. The monoisotopic (exact) mass is 310 g/mol. The van der Waals surface area contributed by atoms with E-state index in [1.807, 2.05) is 0 Å². The molecule has 21 heavy (non-hydrogen) atoms. The van der Waals surface area contributed by atoms with Gasteiger partial charge in [-0.15, -0.1) is 0 Å². The van der Waals surface area contributed by atoms with Gasteiger partial charge < -0.3 is 4.74 Å². The highest BCUT2D eigenvalue weighted by atomic mass is 32.2. The van der Waals surface area contributed by atoms with E-state index in [1.54, 1.807) is 0 Å². The summed E-state index contributed by atoms with van der Waals surface area (Å²) in [6.07, 6.45) is 0. The molecule has 0 N–H and O–H groups in total. The second kappa shape index (κ2) is 6.58. The lowest BCUT2D eigenvalue weighted by Crippen LogP contribution is -2.12. The number of Topliss-reactive ketones (excluding diaryl/α,β-unsaturated/α-hetero) is 1. The molecule has 0 aromatic heterocycles. The zero-order chi connectivity index (χ0) is 15.4. The van der Waals surface area contributed by atoms with Gasteiger partial charge >= 0.3 is 0 Å². The van der Waals surface area contributed by atoms with Gasteiger partial charge in [-0.1, -0.05) is 6.07 Å². The summed E-state index contributed by atoms with van der Waals surface area (Å²) in [6.45, 7) is 0. The van der Waals surface area contributed by atoms with Crippen molar-refractivity contribution in [3.05, 3.63) is 59.7 Å². The smallest absolute Gasteiger partial charge is 0.179 e. The molecule has 3 nitrogen and oxygen atoms in total. The Balaban J connectivity index is 2.22. The van der Waals surface area contributed by atoms with Gasteiger partial charge in [-0.05, 0) is 36.4 Å². The highest BCUT2D eigenvalue weighted by Crippen LogP contribution is 2.21. The lowest BCUT2D eigenvalue weighted by molar-refractivity contribution is 0.101. The maximum atomic E-state index is 13.2. The van der Waals surface area contributed by atoms with Crippen molar-refractivity contribution < 1.29 is 22.5 Å². The second-order valence-electron chi connectivity index (χ2n) is 4.22. The Labute approximate surface area is 123 Å². The lowest BCUT2D eigenvalue weighted by atomic mass is 10.1. The summed E-state index contributed by atoms with van der Waals surface area (Å²) in [5.74, 6) is -1.82. The predicted molar refractivity (Wildman–Crippen MR) is 75.0 cm³/mol. The van der Waals surface area contributed by atoms with Crippen molar-refractivity contribution in [2.75, 3.05) is 12.9 Å².